The third-order valence-corrected chi connectivity index (χ3v) is 6.14. The van der Waals surface area contributed by atoms with E-state index in [2.05, 4.69) is 29.8 Å². The zero-order valence-corrected chi connectivity index (χ0v) is 17.7. The van der Waals surface area contributed by atoms with Gasteiger partial charge in [-0.1, -0.05) is 0 Å². The largest absolute Gasteiger partial charge is 0.433 e. The molecule has 0 aromatic carbocycles. The van der Waals surface area contributed by atoms with Crippen molar-refractivity contribution >= 4 is 22.8 Å². The molecule has 2 atom stereocenters. The normalized spacial score (nSPS) is 21.0. The fraction of sp³-hybridized carbons (Fsp3) is 0.550. The first kappa shape index (κ1) is 20.9. The Morgan fingerprint density at radius 3 is 2.44 bits per heavy atom. The average Bonchev–Trinajstić information content (AvgIpc) is 3.44. The van der Waals surface area contributed by atoms with E-state index >= 15 is 0 Å². The van der Waals surface area contributed by atoms with Crippen molar-refractivity contribution in [2.24, 2.45) is 11.8 Å². The van der Waals surface area contributed by atoms with Gasteiger partial charge in [0.1, 0.15) is 23.7 Å². The Hall–Kier alpha value is -3.02. The Balaban J connectivity index is 1.33. The lowest BCUT2D eigenvalue weighted by atomic mass is 10.0. The standard InChI is InChI=1S/C20H23F3N8O/c1-12-27-15(20(21,22)23)5-16(28-12)30-6-13-8-31(9-14(13)7-30)19-17-18(24-10-25-19)29(11-26-17)3-4-32-2/h5,10-11,13-14H,3-4,6-9H2,1-2H3. The second-order valence-corrected chi connectivity index (χ2v) is 8.29. The van der Waals surface area contributed by atoms with E-state index in [9.17, 15) is 13.2 Å². The molecule has 0 N–H and O–H groups in total. The zero-order chi connectivity index (χ0) is 22.5. The van der Waals surface area contributed by atoms with Crippen molar-refractivity contribution in [1.82, 2.24) is 29.5 Å². The number of aromatic nitrogens is 6. The molecule has 0 radical (unpaired) electrons. The van der Waals surface area contributed by atoms with Crippen molar-refractivity contribution in [3.8, 4) is 0 Å². The summed E-state index contributed by atoms with van der Waals surface area (Å²) in [6.45, 7) is 5.51. The maximum absolute atomic E-state index is 13.2. The number of nitrogens with zero attached hydrogens (tertiary/aromatic N) is 8. The summed E-state index contributed by atoms with van der Waals surface area (Å²) in [5.74, 6) is 1.87. The summed E-state index contributed by atoms with van der Waals surface area (Å²) < 4.78 is 46.6. The molecule has 32 heavy (non-hydrogen) atoms. The van der Waals surface area contributed by atoms with Crippen LogP contribution in [0.5, 0.6) is 0 Å². The third-order valence-electron chi connectivity index (χ3n) is 6.14. The van der Waals surface area contributed by atoms with Crippen LogP contribution in [0.4, 0.5) is 24.8 Å². The van der Waals surface area contributed by atoms with E-state index < -0.39 is 11.9 Å². The summed E-state index contributed by atoms with van der Waals surface area (Å²) in [7, 11) is 1.65. The first-order chi connectivity index (χ1) is 15.3. The monoisotopic (exact) mass is 448 g/mol. The summed E-state index contributed by atoms with van der Waals surface area (Å²) in [5.41, 5.74) is 0.620. The Bertz CT molecular complexity index is 1120. The van der Waals surface area contributed by atoms with Crippen molar-refractivity contribution < 1.29 is 17.9 Å². The quantitative estimate of drug-likeness (QED) is 0.587. The molecule has 170 valence electrons. The van der Waals surface area contributed by atoms with Crippen LogP contribution in [-0.4, -0.2) is 69.4 Å². The molecule has 0 bridgehead atoms. The van der Waals surface area contributed by atoms with Gasteiger partial charge < -0.3 is 19.1 Å². The Labute approximate surface area is 182 Å². The van der Waals surface area contributed by atoms with Crippen molar-refractivity contribution in [2.45, 2.75) is 19.6 Å². The number of methoxy groups -OCH3 is 1. The van der Waals surface area contributed by atoms with E-state index in [0.29, 0.717) is 43.9 Å². The summed E-state index contributed by atoms with van der Waals surface area (Å²) in [4.78, 5) is 25.3. The summed E-state index contributed by atoms with van der Waals surface area (Å²) in [6, 6.07) is 1.05. The van der Waals surface area contributed by atoms with Gasteiger partial charge in [0.25, 0.3) is 0 Å². The fourth-order valence-corrected chi connectivity index (χ4v) is 4.67. The van der Waals surface area contributed by atoms with Gasteiger partial charge in [-0.05, 0) is 6.92 Å². The predicted molar refractivity (Wildman–Crippen MR) is 110 cm³/mol. The molecule has 12 heteroatoms. The molecule has 0 amide bonds. The van der Waals surface area contributed by atoms with Crippen molar-refractivity contribution in [3.05, 3.63) is 30.2 Å². The van der Waals surface area contributed by atoms with Gasteiger partial charge in [0.05, 0.1) is 12.9 Å². The molecule has 9 nitrogen and oxygen atoms in total. The van der Waals surface area contributed by atoms with Gasteiger partial charge in [0.2, 0.25) is 0 Å². The lowest BCUT2D eigenvalue weighted by Gasteiger charge is -2.23. The second kappa shape index (κ2) is 7.84. The Morgan fingerprint density at radius 1 is 1.03 bits per heavy atom. The van der Waals surface area contributed by atoms with Crippen LogP contribution in [0.1, 0.15) is 11.5 Å². The van der Waals surface area contributed by atoms with Gasteiger partial charge in [-0.15, -0.1) is 0 Å². The highest BCUT2D eigenvalue weighted by atomic mass is 19.4. The molecule has 5 rings (SSSR count). The summed E-state index contributed by atoms with van der Waals surface area (Å²) in [6.07, 6.45) is -1.19. The molecule has 0 aliphatic carbocycles. The molecule has 0 spiro atoms. The van der Waals surface area contributed by atoms with Gasteiger partial charge in [0.15, 0.2) is 17.0 Å². The van der Waals surface area contributed by atoms with E-state index in [1.54, 1.807) is 19.8 Å². The molecule has 2 fully saturated rings. The number of alkyl halides is 3. The SMILES string of the molecule is COCCn1cnc2c(N3CC4CN(c5cc(C(F)(F)F)nc(C)n5)CC4C3)ncnc21. The van der Waals surface area contributed by atoms with Crippen LogP contribution in [0.25, 0.3) is 11.2 Å². The highest BCUT2D eigenvalue weighted by Gasteiger charge is 2.42. The van der Waals surface area contributed by atoms with Crippen LogP contribution in [0.15, 0.2) is 18.7 Å². The van der Waals surface area contributed by atoms with E-state index in [1.165, 1.54) is 6.92 Å². The minimum Gasteiger partial charge on any atom is -0.383 e. The molecular weight excluding hydrogens is 425 g/mol. The molecule has 5 heterocycles. The molecule has 0 saturated carbocycles. The fourth-order valence-electron chi connectivity index (χ4n) is 4.67. The highest BCUT2D eigenvalue weighted by molar-refractivity contribution is 5.83. The lowest BCUT2D eigenvalue weighted by Crippen LogP contribution is -2.30. The maximum atomic E-state index is 13.2. The highest BCUT2D eigenvalue weighted by Crippen LogP contribution is 2.37. The van der Waals surface area contributed by atoms with E-state index in [0.717, 1.165) is 36.1 Å². The van der Waals surface area contributed by atoms with Crippen LogP contribution in [-0.2, 0) is 17.5 Å². The minimum absolute atomic E-state index is 0.126. The number of imidazole rings is 1. The smallest absolute Gasteiger partial charge is 0.383 e. The van der Waals surface area contributed by atoms with Gasteiger partial charge in [-0.3, -0.25) is 0 Å². The van der Waals surface area contributed by atoms with E-state index in [1.807, 2.05) is 9.47 Å². The number of hydrogen-bond acceptors (Lipinski definition) is 8. The van der Waals surface area contributed by atoms with Crippen LogP contribution in [0.2, 0.25) is 0 Å². The van der Waals surface area contributed by atoms with Crippen molar-refractivity contribution in [1.29, 1.82) is 0 Å². The number of fused-ring (bicyclic) bond motifs is 2. The third kappa shape index (κ3) is 3.72. The predicted octanol–water partition coefficient (Wildman–Crippen LogP) is 2.16. The van der Waals surface area contributed by atoms with Gasteiger partial charge in [0, 0.05) is 57.7 Å². The van der Waals surface area contributed by atoms with Crippen LogP contribution < -0.4 is 9.80 Å². The van der Waals surface area contributed by atoms with Gasteiger partial charge in [-0.2, -0.15) is 13.2 Å². The maximum Gasteiger partial charge on any atom is 0.433 e. The Kier molecular flexibility index (Phi) is 5.11. The van der Waals surface area contributed by atoms with Crippen LogP contribution in [0, 0.1) is 18.8 Å². The van der Waals surface area contributed by atoms with Gasteiger partial charge in [-0.25, -0.2) is 24.9 Å². The summed E-state index contributed by atoms with van der Waals surface area (Å²) >= 11 is 0. The zero-order valence-electron chi connectivity index (χ0n) is 17.7. The molecule has 3 aromatic rings. The average molecular weight is 448 g/mol. The number of hydrogen-bond donors (Lipinski definition) is 0. The number of rotatable bonds is 5. The first-order valence-electron chi connectivity index (χ1n) is 10.4. The molecule has 2 aliphatic rings. The minimum atomic E-state index is -4.49. The van der Waals surface area contributed by atoms with Crippen molar-refractivity contribution in [3.63, 3.8) is 0 Å². The molecule has 2 saturated heterocycles. The molecular formula is C20H23F3N8O. The number of anilines is 2. The van der Waals surface area contributed by atoms with Crippen LogP contribution in [0.3, 0.4) is 0 Å². The van der Waals surface area contributed by atoms with Gasteiger partial charge >= 0.3 is 6.18 Å². The first-order valence-corrected chi connectivity index (χ1v) is 10.4. The second-order valence-electron chi connectivity index (χ2n) is 8.29. The van der Waals surface area contributed by atoms with Crippen LogP contribution >= 0.6 is 0 Å². The Morgan fingerprint density at radius 2 is 1.75 bits per heavy atom. The summed E-state index contributed by atoms with van der Waals surface area (Å²) in [5, 5.41) is 0. The van der Waals surface area contributed by atoms with E-state index in [4.69, 9.17) is 4.74 Å². The molecule has 2 unspecified atom stereocenters. The van der Waals surface area contributed by atoms with Crippen molar-refractivity contribution in [2.75, 3.05) is 49.7 Å². The number of aryl methyl sites for hydroxylation is 1. The van der Waals surface area contributed by atoms with E-state index in [-0.39, 0.29) is 5.82 Å². The number of ether oxygens (including phenoxy) is 1. The lowest BCUT2D eigenvalue weighted by molar-refractivity contribution is -0.141. The topological polar surface area (TPSA) is 85.1 Å². The molecule has 3 aromatic heterocycles. The number of halogens is 3. The molecule has 2 aliphatic heterocycles.